The maximum atomic E-state index is 11.9. The Morgan fingerprint density at radius 2 is 2.28 bits per heavy atom. The summed E-state index contributed by atoms with van der Waals surface area (Å²) in [5.74, 6) is 1.03. The molecule has 0 aliphatic carbocycles. The van der Waals surface area contributed by atoms with Gasteiger partial charge in [0, 0.05) is 37.3 Å². The highest BCUT2D eigenvalue weighted by molar-refractivity contribution is 5.94. The Morgan fingerprint density at radius 1 is 1.44 bits per heavy atom. The molecule has 0 fully saturated rings. The van der Waals surface area contributed by atoms with Gasteiger partial charge < -0.3 is 14.6 Å². The first-order valence-electron chi connectivity index (χ1n) is 5.45. The van der Waals surface area contributed by atoms with Crippen LogP contribution >= 0.6 is 0 Å². The van der Waals surface area contributed by atoms with Gasteiger partial charge >= 0.3 is 0 Å². The molecule has 1 N–H and O–H groups in total. The predicted molar refractivity (Wildman–Crippen MR) is 65.2 cm³/mol. The van der Waals surface area contributed by atoms with E-state index in [1.165, 1.54) is 13.3 Å². The van der Waals surface area contributed by atoms with E-state index in [9.17, 15) is 4.79 Å². The van der Waals surface area contributed by atoms with Crippen molar-refractivity contribution < 1.29 is 9.53 Å². The number of aromatic nitrogens is 3. The molecule has 0 aliphatic rings. The monoisotopic (exact) mass is 246 g/mol. The number of methoxy groups -OCH3 is 1. The number of hydrogen-bond donors (Lipinski definition) is 1. The van der Waals surface area contributed by atoms with E-state index in [-0.39, 0.29) is 5.91 Å². The number of carbonyl (C=O) groups excluding carboxylic acids is 1. The van der Waals surface area contributed by atoms with Crippen molar-refractivity contribution in [3.8, 4) is 5.88 Å². The summed E-state index contributed by atoms with van der Waals surface area (Å²) < 4.78 is 6.82. The molecule has 2 heterocycles. The van der Waals surface area contributed by atoms with Gasteiger partial charge in [-0.1, -0.05) is 0 Å². The minimum Gasteiger partial charge on any atom is -0.481 e. The Balaban J connectivity index is 2.01. The standard InChI is InChI=1S/C12H14N4O2/c1-16-6-5-13-10(16)8-15-12(17)9-3-4-14-11(7-9)18-2/h3-7H,8H2,1-2H3,(H,15,17). The second kappa shape index (κ2) is 5.31. The minimum absolute atomic E-state index is 0.182. The molecule has 18 heavy (non-hydrogen) atoms. The first-order chi connectivity index (χ1) is 8.70. The molecule has 2 aromatic rings. The molecule has 0 atom stereocenters. The summed E-state index contributed by atoms with van der Waals surface area (Å²) in [5, 5.41) is 2.79. The molecule has 2 aromatic heterocycles. The summed E-state index contributed by atoms with van der Waals surface area (Å²) in [7, 11) is 3.39. The van der Waals surface area contributed by atoms with Crippen LogP contribution in [0.15, 0.2) is 30.7 Å². The number of ether oxygens (including phenoxy) is 1. The lowest BCUT2D eigenvalue weighted by Gasteiger charge is -2.06. The Hall–Kier alpha value is -2.37. The van der Waals surface area contributed by atoms with Crippen LogP contribution in [-0.4, -0.2) is 27.6 Å². The summed E-state index contributed by atoms with van der Waals surface area (Å²) in [5.41, 5.74) is 0.510. The summed E-state index contributed by atoms with van der Waals surface area (Å²) in [6.07, 6.45) is 5.06. The zero-order valence-electron chi connectivity index (χ0n) is 10.3. The van der Waals surface area contributed by atoms with Crippen molar-refractivity contribution in [3.63, 3.8) is 0 Å². The summed E-state index contributed by atoms with van der Waals surface area (Å²) in [6.45, 7) is 0.382. The van der Waals surface area contributed by atoms with E-state index in [1.807, 2.05) is 17.8 Å². The van der Waals surface area contributed by atoms with Gasteiger partial charge in [0.05, 0.1) is 13.7 Å². The SMILES string of the molecule is COc1cc(C(=O)NCc2nccn2C)ccn1. The van der Waals surface area contributed by atoms with Crippen LogP contribution in [0.3, 0.4) is 0 Å². The topological polar surface area (TPSA) is 69.0 Å². The predicted octanol–water partition coefficient (Wildman–Crippen LogP) is 0.754. The van der Waals surface area contributed by atoms with Crippen LogP contribution in [0.4, 0.5) is 0 Å². The van der Waals surface area contributed by atoms with Crippen molar-refractivity contribution >= 4 is 5.91 Å². The molecule has 94 valence electrons. The fourth-order valence-corrected chi connectivity index (χ4v) is 1.49. The van der Waals surface area contributed by atoms with Gasteiger partial charge in [0.1, 0.15) is 5.82 Å². The Bertz CT molecular complexity index is 551. The maximum Gasteiger partial charge on any atom is 0.251 e. The first kappa shape index (κ1) is 12.1. The highest BCUT2D eigenvalue weighted by Gasteiger charge is 2.08. The van der Waals surface area contributed by atoms with Gasteiger partial charge in [-0.2, -0.15) is 0 Å². The number of nitrogens with one attached hydrogen (secondary N) is 1. The van der Waals surface area contributed by atoms with Gasteiger partial charge in [0.25, 0.3) is 5.91 Å². The maximum absolute atomic E-state index is 11.9. The van der Waals surface area contributed by atoms with Crippen molar-refractivity contribution in [1.29, 1.82) is 0 Å². The van der Waals surface area contributed by atoms with Gasteiger partial charge in [-0.15, -0.1) is 0 Å². The van der Waals surface area contributed by atoms with Crippen LogP contribution in [0, 0.1) is 0 Å². The molecule has 0 saturated carbocycles. The average molecular weight is 246 g/mol. The van der Waals surface area contributed by atoms with Gasteiger partial charge in [0.15, 0.2) is 0 Å². The smallest absolute Gasteiger partial charge is 0.251 e. The first-order valence-corrected chi connectivity index (χ1v) is 5.45. The van der Waals surface area contributed by atoms with Crippen LogP contribution in [0.25, 0.3) is 0 Å². The highest BCUT2D eigenvalue weighted by Crippen LogP contribution is 2.08. The molecule has 0 radical (unpaired) electrons. The number of amides is 1. The Kier molecular flexibility index (Phi) is 3.57. The molecule has 0 spiro atoms. The van der Waals surface area contributed by atoms with Crippen LogP contribution in [0.1, 0.15) is 16.2 Å². The normalized spacial score (nSPS) is 10.1. The molecule has 0 saturated heterocycles. The molecule has 0 unspecified atom stereocenters. The van der Waals surface area contributed by atoms with Crippen LogP contribution in [0.2, 0.25) is 0 Å². The number of rotatable bonds is 4. The largest absolute Gasteiger partial charge is 0.481 e. The fraction of sp³-hybridized carbons (Fsp3) is 0.250. The van der Waals surface area contributed by atoms with Crippen molar-refractivity contribution in [2.75, 3.05) is 7.11 Å². The average Bonchev–Trinajstić information content (AvgIpc) is 2.81. The summed E-state index contributed by atoms with van der Waals surface area (Å²) in [6, 6.07) is 3.23. The van der Waals surface area contributed by atoms with E-state index in [2.05, 4.69) is 15.3 Å². The molecule has 0 aromatic carbocycles. The fourth-order valence-electron chi connectivity index (χ4n) is 1.49. The van der Waals surface area contributed by atoms with Gasteiger partial charge in [-0.25, -0.2) is 9.97 Å². The zero-order chi connectivity index (χ0) is 13.0. The molecular formula is C12H14N4O2. The number of hydrogen-bond acceptors (Lipinski definition) is 4. The third-order valence-electron chi connectivity index (χ3n) is 2.53. The van der Waals surface area contributed by atoms with Crippen molar-refractivity contribution in [1.82, 2.24) is 19.9 Å². The van der Waals surface area contributed by atoms with Crippen LogP contribution in [-0.2, 0) is 13.6 Å². The van der Waals surface area contributed by atoms with E-state index in [0.29, 0.717) is 18.0 Å². The van der Waals surface area contributed by atoms with E-state index in [1.54, 1.807) is 18.3 Å². The number of pyridine rings is 1. The molecular weight excluding hydrogens is 232 g/mol. The lowest BCUT2D eigenvalue weighted by atomic mass is 10.2. The summed E-state index contributed by atoms with van der Waals surface area (Å²) >= 11 is 0. The Morgan fingerprint density at radius 3 is 2.94 bits per heavy atom. The second-order valence-electron chi connectivity index (χ2n) is 3.72. The molecule has 0 bridgehead atoms. The van der Waals surface area contributed by atoms with Crippen molar-refractivity contribution in [2.24, 2.45) is 7.05 Å². The third-order valence-corrected chi connectivity index (χ3v) is 2.53. The lowest BCUT2D eigenvalue weighted by molar-refractivity contribution is 0.0949. The molecule has 0 aliphatic heterocycles. The van der Waals surface area contributed by atoms with Crippen molar-refractivity contribution in [3.05, 3.63) is 42.1 Å². The number of aryl methyl sites for hydroxylation is 1. The van der Waals surface area contributed by atoms with Crippen LogP contribution in [0.5, 0.6) is 5.88 Å². The summed E-state index contributed by atoms with van der Waals surface area (Å²) in [4.78, 5) is 20.0. The highest BCUT2D eigenvalue weighted by atomic mass is 16.5. The molecule has 6 heteroatoms. The van der Waals surface area contributed by atoms with Crippen LogP contribution < -0.4 is 10.1 Å². The van der Waals surface area contributed by atoms with Crippen molar-refractivity contribution in [2.45, 2.75) is 6.54 Å². The van der Waals surface area contributed by atoms with Gasteiger partial charge in [-0.05, 0) is 6.07 Å². The third kappa shape index (κ3) is 2.65. The quantitative estimate of drug-likeness (QED) is 0.864. The van der Waals surface area contributed by atoms with Gasteiger partial charge in [0.2, 0.25) is 5.88 Å². The molecule has 6 nitrogen and oxygen atoms in total. The second-order valence-corrected chi connectivity index (χ2v) is 3.72. The number of carbonyl (C=O) groups is 1. The Labute approximate surface area is 105 Å². The van der Waals surface area contributed by atoms with E-state index in [0.717, 1.165) is 5.82 Å². The van der Waals surface area contributed by atoms with Gasteiger partial charge in [-0.3, -0.25) is 4.79 Å². The van der Waals surface area contributed by atoms with E-state index < -0.39 is 0 Å². The molecule has 2 rings (SSSR count). The van der Waals surface area contributed by atoms with E-state index in [4.69, 9.17) is 4.74 Å². The lowest BCUT2D eigenvalue weighted by Crippen LogP contribution is -2.24. The number of nitrogens with zero attached hydrogens (tertiary/aromatic N) is 3. The zero-order valence-corrected chi connectivity index (χ0v) is 10.3. The number of imidazole rings is 1. The van der Waals surface area contributed by atoms with E-state index >= 15 is 0 Å². The molecule has 1 amide bonds. The minimum atomic E-state index is -0.182.